The lowest BCUT2D eigenvalue weighted by atomic mass is 10.0. The van der Waals surface area contributed by atoms with Crippen molar-refractivity contribution in [3.63, 3.8) is 0 Å². The van der Waals surface area contributed by atoms with Crippen molar-refractivity contribution in [2.75, 3.05) is 12.4 Å². The van der Waals surface area contributed by atoms with Gasteiger partial charge in [-0.15, -0.1) is 0 Å². The fourth-order valence-corrected chi connectivity index (χ4v) is 4.20. The highest BCUT2D eigenvalue weighted by atomic mass is 32.2. The third-order valence-electron chi connectivity index (χ3n) is 3.96. The number of sulfonamides is 1. The summed E-state index contributed by atoms with van der Waals surface area (Å²) < 4.78 is 26.0. The molecule has 0 spiro atoms. The molecule has 2 aromatic rings. The summed E-state index contributed by atoms with van der Waals surface area (Å²) in [5.74, 6) is -1.21. The Kier molecular flexibility index (Phi) is 3.98. The number of Topliss-reactive ketones (excluding diaryl/α,β-unsaturated/α-hetero) is 1. The second-order valence-corrected chi connectivity index (χ2v) is 7.61. The van der Waals surface area contributed by atoms with Crippen LogP contribution in [0.15, 0.2) is 53.4 Å². The lowest BCUT2D eigenvalue weighted by Crippen LogP contribution is -2.53. The van der Waals surface area contributed by atoms with Gasteiger partial charge in [0.1, 0.15) is 0 Å². The van der Waals surface area contributed by atoms with E-state index in [1.165, 1.54) is 19.2 Å². The molecular weight excluding hydrogens is 328 g/mol. The monoisotopic (exact) mass is 344 g/mol. The van der Waals surface area contributed by atoms with Crippen LogP contribution in [0.25, 0.3) is 0 Å². The molecule has 0 aliphatic carbocycles. The van der Waals surface area contributed by atoms with Crippen LogP contribution in [0.4, 0.5) is 5.69 Å². The van der Waals surface area contributed by atoms with E-state index in [-0.39, 0.29) is 10.5 Å². The van der Waals surface area contributed by atoms with Gasteiger partial charge in [-0.3, -0.25) is 9.59 Å². The van der Waals surface area contributed by atoms with Crippen LogP contribution in [-0.2, 0) is 14.8 Å². The Morgan fingerprint density at radius 2 is 1.83 bits per heavy atom. The molecule has 6 nitrogen and oxygen atoms in total. The molecule has 1 unspecified atom stereocenters. The molecule has 2 aromatic carbocycles. The molecule has 1 atom stereocenters. The summed E-state index contributed by atoms with van der Waals surface area (Å²) in [6.45, 7) is 1.87. The second kappa shape index (κ2) is 5.85. The lowest BCUT2D eigenvalue weighted by molar-refractivity contribution is -0.118. The fourth-order valence-electron chi connectivity index (χ4n) is 2.72. The first kappa shape index (κ1) is 16.4. The zero-order valence-electron chi connectivity index (χ0n) is 13.2. The molecule has 1 aliphatic heterocycles. The standard InChI is InChI=1S/C17H16N2O4S/c1-11-6-5-7-12(10-11)18-17(21)15-16(20)13-8-3-4-9-14(13)24(22,23)19(15)2/h3-10,15H,1-2H3,(H,18,21). The Bertz CT molecular complexity index is 937. The zero-order valence-corrected chi connectivity index (χ0v) is 14.0. The highest BCUT2D eigenvalue weighted by Gasteiger charge is 2.45. The normalized spacial score (nSPS) is 19.6. The van der Waals surface area contributed by atoms with Crippen molar-refractivity contribution in [1.29, 1.82) is 0 Å². The van der Waals surface area contributed by atoms with Gasteiger partial charge in [-0.2, -0.15) is 4.31 Å². The van der Waals surface area contributed by atoms with Gasteiger partial charge >= 0.3 is 0 Å². The van der Waals surface area contributed by atoms with E-state index >= 15 is 0 Å². The summed E-state index contributed by atoms with van der Waals surface area (Å²) in [6.07, 6.45) is 0. The number of nitrogens with zero attached hydrogens (tertiary/aromatic N) is 1. The largest absolute Gasteiger partial charge is 0.324 e. The van der Waals surface area contributed by atoms with Gasteiger partial charge in [0, 0.05) is 18.3 Å². The van der Waals surface area contributed by atoms with Crippen LogP contribution in [0, 0.1) is 6.92 Å². The predicted molar refractivity (Wildman–Crippen MR) is 89.3 cm³/mol. The van der Waals surface area contributed by atoms with E-state index in [0.29, 0.717) is 5.69 Å². The number of ketones is 1. The first-order valence-corrected chi connectivity index (χ1v) is 8.75. The fraction of sp³-hybridized carbons (Fsp3) is 0.176. The number of nitrogens with one attached hydrogen (secondary N) is 1. The molecule has 1 heterocycles. The van der Waals surface area contributed by atoms with Crippen molar-refractivity contribution in [3.05, 3.63) is 59.7 Å². The molecule has 1 N–H and O–H groups in total. The SMILES string of the molecule is Cc1cccc(NC(=O)C2C(=O)c3ccccc3S(=O)(=O)N2C)c1. The Morgan fingerprint density at radius 3 is 2.54 bits per heavy atom. The van der Waals surface area contributed by atoms with Crippen molar-refractivity contribution < 1.29 is 18.0 Å². The number of benzene rings is 2. The van der Waals surface area contributed by atoms with Gasteiger partial charge in [-0.25, -0.2) is 8.42 Å². The van der Waals surface area contributed by atoms with Crippen LogP contribution in [0.3, 0.4) is 0 Å². The van der Waals surface area contributed by atoms with Crippen molar-refractivity contribution >= 4 is 27.4 Å². The van der Waals surface area contributed by atoms with Gasteiger partial charge in [-0.05, 0) is 36.8 Å². The highest BCUT2D eigenvalue weighted by Crippen LogP contribution is 2.29. The molecule has 0 fully saturated rings. The van der Waals surface area contributed by atoms with E-state index in [4.69, 9.17) is 0 Å². The van der Waals surface area contributed by atoms with E-state index in [1.54, 1.807) is 30.3 Å². The summed E-state index contributed by atoms with van der Waals surface area (Å²) >= 11 is 0. The second-order valence-electron chi connectivity index (χ2n) is 5.64. The molecule has 0 aromatic heterocycles. The van der Waals surface area contributed by atoms with E-state index < -0.39 is 27.8 Å². The number of aryl methyl sites for hydroxylation is 1. The molecule has 1 aliphatic rings. The summed E-state index contributed by atoms with van der Waals surface area (Å²) in [4.78, 5) is 25.1. The van der Waals surface area contributed by atoms with E-state index in [2.05, 4.69) is 5.32 Å². The number of rotatable bonds is 2. The average molecular weight is 344 g/mol. The predicted octanol–water partition coefficient (Wildman–Crippen LogP) is 1.82. The third kappa shape index (κ3) is 2.61. The average Bonchev–Trinajstić information content (AvgIpc) is 2.53. The number of amides is 1. The minimum absolute atomic E-state index is 0.0417. The maximum absolute atomic E-state index is 12.6. The number of hydrogen-bond donors (Lipinski definition) is 1. The number of hydrogen-bond acceptors (Lipinski definition) is 4. The summed E-state index contributed by atoms with van der Waals surface area (Å²) in [5.41, 5.74) is 1.49. The topological polar surface area (TPSA) is 83.5 Å². The zero-order chi connectivity index (χ0) is 17.5. The number of anilines is 1. The van der Waals surface area contributed by atoms with Crippen LogP contribution < -0.4 is 5.32 Å². The number of carbonyl (C=O) groups excluding carboxylic acids is 2. The minimum Gasteiger partial charge on any atom is -0.324 e. The Morgan fingerprint density at radius 1 is 1.12 bits per heavy atom. The Balaban J connectivity index is 1.99. The van der Waals surface area contributed by atoms with Crippen molar-refractivity contribution in [2.45, 2.75) is 17.9 Å². The Hall–Kier alpha value is -2.51. The molecule has 7 heteroatoms. The van der Waals surface area contributed by atoms with Crippen LogP contribution >= 0.6 is 0 Å². The highest BCUT2D eigenvalue weighted by molar-refractivity contribution is 7.89. The molecule has 124 valence electrons. The minimum atomic E-state index is -3.90. The van der Waals surface area contributed by atoms with Crippen LogP contribution in [0.1, 0.15) is 15.9 Å². The maximum Gasteiger partial charge on any atom is 0.250 e. The van der Waals surface area contributed by atoms with Crippen molar-refractivity contribution in [3.8, 4) is 0 Å². The first-order chi connectivity index (χ1) is 11.3. The number of likely N-dealkylation sites (N-methyl/N-ethyl adjacent to an activating group) is 1. The lowest BCUT2D eigenvalue weighted by Gasteiger charge is -2.31. The number of fused-ring (bicyclic) bond motifs is 1. The van der Waals surface area contributed by atoms with Gasteiger partial charge < -0.3 is 5.32 Å². The van der Waals surface area contributed by atoms with Gasteiger partial charge in [0.15, 0.2) is 11.8 Å². The first-order valence-electron chi connectivity index (χ1n) is 7.31. The van der Waals surface area contributed by atoms with Crippen LogP contribution in [0.5, 0.6) is 0 Å². The van der Waals surface area contributed by atoms with E-state index in [0.717, 1.165) is 9.87 Å². The molecule has 0 radical (unpaired) electrons. The molecule has 0 saturated carbocycles. The third-order valence-corrected chi connectivity index (χ3v) is 5.84. The molecule has 24 heavy (non-hydrogen) atoms. The molecule has 1 amide bonds. The number of carbonyl (C=O) groups is 2. The van der Waals surface area contributed by atoms with Gasteiger partial charge in [0.25, 0.3) is 5.91 Å². The Labute approximate surface area is 140 Å². The summed E-state index contributed by atoms with van der Waals surface area (Å²) in [7, 11) is -2.66. The van der Waals surface area contributed by atoms with Gasteiger partial charge in [0.2, 0.25) is 10.0 Å². The maximum atomic E-state index is 12.6. The van der Waals surface area contributed by atoms with Gasteiger partial charge in [-0.1, -0.05) is 24.3 Å². The van der Waals surface area contributed by atoms with Gasteiger partial charge in [0.05, 0.1) is 4.90 Å². The van der Waals surface area contributed by atoms with E-state index in [1.807, 2.05) is 13.0 Å². The molecule has 3 rings (SSSR count). The quantitative estimate of drug-likeness (QED) is 0.842. The van der Waals surface area contributed by atoms with E-state index in [9.17, 15) is 18.0 Å². The molecule has 0 bridgehead atoms. The van der Waals surface area contributed by atoms with Crippen molar-refractivity contribution in [2.24, 2.45) is 0 Å². The summed E-state index contributed by atoms with van der Waals surface area (Å²) in [5, 5.41) is 2.62. The van der Waals surface area contributed by atoms with Crippen molar-refractivity contribution in [1.82, 2.24) is 4.31 Å². The van der Waals surface area contributed by atoms with Crippen LogP contribution in [-0.4, -0.2) is 37.5 Å². The molecular formula is C17H16N2O4S. The summed E-state index contributed by atoms with van der Waals surface area (Å²) in [6, 6.07) is 11.6. The van der Waals surface area contributed by atoms with Crippen LogP contribution in [0.2, 0.25) is 0 Å². The molecule has 0 saturated heterocycles. The smallest absolute Gasteiger partial charge is 0.250 e.